The molecule has 0 spiro atoms. The molecule has 0 atom stereocenters. The van der Waals surface area contributed by atoms with Crippen LogP contribution in [0.2, 0.25) is 0 Å². The second kappa shape index (κ2) is 6.76. The van der Waals surface area contributed by atoms with Gasteiger partial charge in [0, 0.05) is 17.7 Å². The summed E-state index contributed by atoms with van der Waals surface area (Å²) in [6.07, 6.45) is 0. The molecule has 2 aromatic carbocycles. The Morgan fingerprint density at radius 2 is 1.32 bits per heavy atom. The fraction of sp³-hybridized carbons (Fsp3) is 0.0714. The van der Waals surface area contributed by atoms with E-state index in [0.29, 0.717) is 0 Å². The number of sulfonamides is 1. The van der Waals surface area contributed by atoms with E-state index in [2.05, 4.69) is 0 Å². The molecule has 5 nitrogen and oxygen atoms in total. The van der Waals surface area contributed by atoms with Crippen LogP contribution in [0.1, 0.15) is 15.9 Å². The molecule has 2 aromatic rings. The van der Waals surface area contributed by atoms with Gasteiger partial charge < -0.3 is 5.32 Å². The SMILES string of the molecule is NS(=O)(=O)c1ccc(C(=O)NCc2c(F)c(F)c(F)c(F)c2F)cc1. The van der Waals surface area contributed by atoms with E-state index in [0.717, 1.165) is 24.3 Å². The lowest BCUT2D eigenvalue weighted by Gasteiger charge is -2.10. The molecule has 0 aliphatic carbocycles. The number of amides is 1. The summed E-state index contributed by atoms with van der Waals surface area (Å²) >= 11 is 0. The third-order valence-electron chi connectivity index (χ3n) is 3.17. The van der Waals surface area contributed by atoms with Crippen LogP contribution in [0.3, 0.4) is 0 Å². The zero-order valence-corrected chi connectivity index (χ0v) is 12.9. The number of hydrogen-bond acceptors (Lipinski definition) is 3. The van der Waals surface area contributed by atoms with Crippen LogP contribution in [0.5, 0.6) is 0 Å². The molecule has 134 valence electrons. The molecule has 0 aliphatic heterocycles. The van der Waals surface area contributed by atoms with E-state index in [1.165, 1.54) is 0 Å². The van der Waals surface area contributed by atoms with Gasteiger partial charge in [-0.3, -0.25) is 4.79 Å². The van der Waals surface area contributed by atoms with Crippen molar-refractivity contribution in [2.45, 2.75) is 11.4 Å². The highest BCUT2D eigenvalue weighted by Gasteiger charge is 2.25. The van der Waals surface area contributed by atoms with E-state index in [1.54, 1.807) is 0 Å². The van der Waals surface area contributed by atoms with Crippen LogP contribution in [0.15, 0.2) is 29.2 Å². The number of nitrogens with one attached hydrogen (secondary N) is 1. The summed E-state index contributed by atoms with van der Waals surface area (Å²) in [4.78, 5) is 11.6. The topological polar surface area (TPSA) is 89.3 Å². The zero-order valence-electron chi connectivity index (χ0n) is 12.1. The predicted octanol–water partition coefficient (Wildman–Crippen LogP) is 1.96. The first-order valence-corrected chi connectivity index (χ1v) is 8.00. The normalized spacial score (nSPS) is 11.4. The lowest BCUT2D eigenvalue weighted by molar-refractivity contribution is 0.0950. The number of carbonyl (C=O) groups is 1. The van der Waals surface area contributed by atoms with Crippen LogP contribution in [-0.2, 0) is 16.6 Å². The molecule has 0 unspecified atom stereocenters. The number of primary sulfonamides is 1. The van der Waals surface area contributed by atoms with Crippen molar-refractivity contribution in [1.29, 1.82) is 0 Å². The molecule has 0 aliphatic rings. The maximum absolute atomic E-state index is 13.5. The molecular formula is C14H9F5N2O3S. The van der Waals surface area contributed by atoms with Crippen molar-refractivity contribution in [3.63, 3.8) is 0 Å². The monoisotopic (exact) mass is 380 g/mol. The molecule has 0 fully saturated rings. The van der Waals surface area contributed by atoms with Crippen molar-refractivity contribution in [2.24, 2.45) is 5.14 Å². The Labute approximate surface area is 138 Å². The van der Waals surface area contributed by atoms with Gasteiger partial charge in [0.05, 0.1) is 4.90 Å². The number of benzene rings is 2. The minimum atomic E-state index is -3.98. The summed E-state index contributed by atoms with van der Waals surface area (Å²) in [5, 5.41) is 6.85. The standard InChI is InChI=1S/C14H9F5N2O3S/c15-9-8(10(16)12(18)13(19)11(9)17)5-21-14(22)6-1-3-7(4-2-6)25(20,23)24/h1-4H,5H2,(H,21,22)(H2,20,23,24). The highest BCUT2D eigenvalue weighted by molar-refractivity contribution is 7.89. The van der Waals surface area contributed by atoms with Gasteiger partial charge >= 0.3 is 0 Å². The van der Waals surface area contributed by atoms with Gasteiger partial charge in [-0.25, -0.2) is 35.5 Å². The van der Waals surface area contributed by atoms with Gasteiger partial charge in [0.25, 0.3) is 5.91 Å². The average molecular weight is 380 g/mol. The Balaban J connectivity index is 2.21. The average Bonchev–Trinajstić information content (AvgIpc) is 2.57. The zero-order chi connectivity index (χ0) is 18.9. The van der Waals surface area contributed by atoms with Gasteiger partial charge in [-0.05, 0) is 24.3 Å². The molecule has 25 heavy (non-hydrogen) atoms. The minimum absolute atomic E-state index is 0.115. The molecule has 0 aromatic heterocycles. The molecular weight excluding hydrogens is 371 g/mol. The molecule has 1 amide bonds. The number of nitrogens with two attached hydrogens (primary N) is 1. The summed E-state index contributed by atoms with van der Waals surface area (Å²) in [5.41, 5.74) is -1.32. The first-order valence-electron chi connectivity index (χ1n) is 6.45. The molecule has 0 saturated carbocycles. The predicted molar refractivity (Wildman–Crippen MR) is 75.2 cm³/mol. The Morgan fingerprint density at radius 3 is 1.76 bits per heavy atom. The summed E-state index contributed by atoms with van der Waals surface area (Å²) in [6, 6.07) is 4.16. The van der Waals surface area contributed by atoms with Crippen molar-refractivity contribution >= 4 is 15.9 Å². The third kappa shape index (κ3) is 3.77. The van der Waals surface area contributed by atoms with E-state index in [4.69, 9.17) is 5.14 Å². The minimum Gasteiger partial charge on any atom is -0.348 e. The Bertz CT molecular complexity index is 917. The number of rotatable bonds is 4. The highest BCUT2D eigenvalue weighted by atomic mass is 32.2. The van der Waals surface area contributed by atoms with Gasteiger partial charge in [0.1, 0.15) is 0 Å². The fourth-order valence-corrected chi connectivity index (χ4v) is 2.39. The first kappa shape index (κ1) is 18.8. The molecule has 3 N–H and O–H groups in total. The Kier molecular flexibility index (Phi) is 5.09. The maximum Gasteiger partial charge on any atom is 0.251 e. The number of hydrogen-bond donors (Lipinski definition) is 2. The van der Waals surface area contributed by atoms with E-state index < -0.39 is 57.1 Å². The van der Waals surface area contributed by atoms with Gasteiger partial charge in [-0.2, -0.15) is 0 Å². The lowest BCUT2D eigenvalue weighted by atomic mass is 10.1. The van der Waals surface area contributed by atoms with Gasteiger partial charge in [-0.15, -0.1) is 0 Å². The fourth-order valence-electron chi connectivity index (χ4n) is 1.87. The van der Waals surface area contributed by atoms with Crippen molar-refractivity contribution in [1.82, 2.24) is 5.32 Å². The van der Waals surface area contributed by atoms with Crippen LogP contribution in [-0.4, -0.2) is 14.3 Å². The van der Waals surface area contributed by atoms with E-state index >= 15 is 0 Å². The molecule has 0 saturated heterocycles. The summed E-state index contributed by atoms with van der Waals surface area (Å²) in [5.74, 6) is -11.6. The Hall–Kier alpha value is -2.53. The molecule has 0 heterocycles. The lowest BCUT2D eigenvalue weighted by Crippen LogP contribution is -2.25. The van der Waals surface area contributed by atoms with Gasteiger partial charge in [-0.1, -0.05) is 0 Å². The molecule has 2 rings (SSSR count). The number of carbonyl (C=O) groups excluding carboxylic acids is 1. The van der Waals surface area contributed by atoms with Crippen molar-refractivity contribution in [2.75, 3.05) is 0 Å². The molecule has 0 bridgehead atoms. The third-order valence-corrected chi connectivity index (χ3v) is 4.10. The molecule has 11 heteroatoms. The van der Waals surface area contributed by atoms with Crippen LogP contribution in [0.25, 0.3) is 0 Å². The second-order valence-electron chi connectivity index (χ2n) is 4.80. The van der Waals surface area contributed by atoms with Crippen molar-refractivity contribution in [3.8, 4) is 0 Å². The van der Waals surface area contributed by atoms with Crippen molar-refractivity contribution < 1.29 is 35.2 Å². The van der Waals surface area contributed by atoms with Crippen LogP contribution < -0.4 is 10.5 Å². The second-order valence-corrected chi connectivity index (χ2v) is 6.36. The summed E-state index contributed by atoms with van der Waals surface area (Å²) < 4.78 is 88.2. The van der Waals surface area contributed by atoms with E-state index in [1.807, 2.05) is 5.32 Å². The van der Waals surface area contributed by atoms with Crippen LogP contribution in [0, 0.1) is 29.1 Å². The largest absolute Gasteiger partial charge is 0.348 e. The van der Waals surface area contributed by atoms with E-state index in [9.17, 15) is 35.2 Å². The number of halogens is 5. The highest BCUT2D eigenvalue weighted by Crippen LogP contribution is 2.23. The van der Waals surface area contributed by atoms with Crippen LogP contribution in [0.4, 0.5) is 22.0 Å². The van der Waals surface area contributed by atoms with Crippen LogP contribution >= 0.6 is 0 Å². The summed E-state index contributed by atoms with van der Waals surface area (Å²) in [7, 11) is -3.98. The smallest absolute Gasteiger partial charge is 0.251 e. The van der Waals surface area contributed by atoms with Gasteiger partial charge in [0.2, 0.25) is 15.8 Å². The van der Waals surface area contributed by atoms with E-state index in [-0.39, 0.29) is 10.5 Å². The molecule has 0 radical (unpaired) electrons. The Morgan fingerprint density at radius 1 is 0.880 bits per heavy atom. The summed E-state index contributed by atoms with van der Waals surface area (Å²) in [6.45, 7) is -0.971. The maximum atomic E-state index is 13.5. The van der Waals surface area contributed by atoms with Gasteiger partial charge in [0.15, 0.2) is 23.3 Å². The first-order chi connectivity index (χ1) is 11.5. The van der Waals surface area contributed by atoms with Crippen molar-refractivity contribution in [3.05, 3.63) is 64.5 Å². The quantitative estimate of drug-likeness (QED) is 0.483.